The average molecular weight is 299 g/mol. The molecular weight excluding hydrogens is 278 g/mol. The first kappa shape index (κ1) is 16.0. The van der Waals surface area contributed by atoms with Crippen LogP contribution in [0.1, 0.15) is 19.4 Å². The largest absolute Gasteiger partial charge is 0.481 e. The Morgan fingerprint density at radius 2 is 1.77 bits per heavy atom. The first-order chi connectivity index (χ1) is 10.5. The summed E-state index contributed by atoms with van der Waals surface area (Å²) in [5, 5.41) is 14.3. The van der Waals surface area contributed by atoms with Crippen LogP contribution in [0.25, 0.3) is 10.8 Å². The number of carboxylic acid groups (broad SMARTS) is 1. The molecule has 0 aliphatic rings. The van der Waals surface area contributed by atoms with Crippen molar-refractivity contribution in [2.24, 2.45) is 11.8 Å². The van der Waals surface area contributed by atoms with Gasteiger partial charge in [0, 0.05) is 12.5 Å². The molecule has 0 aliphatic heterocycles. The van der Waals surface area contributed by atoms with Crippen molar-refractivity contribution in [1.82, 2.24) is 5.32 Å². The van der Waals surface area contributed by atoms with E-state index < -0.39 is 11.9 Å². The Labute approximate surface area is 130 Å². The molecule has 0 aliphatic carbocycles. The fourth-order valence-corrected chi connectivity index (χ4v) is 2.41. The van der Waals surface area contributed by atoms with E-state index in [1.54, 1.807) is 13.8 Å². The number of aliphatic carboxylic acids is 1. The van der Waals surface area contributed by atoms with E-state index in [1.165, 1.54) is 0 Å². The van der Waals surface area contributed by atoms with Crippen LogP contribution in [0.2, 0.25) is 0 Å². The van der Waals surface area contributed by atoms with Crippen molar-refractivity contribution in [3.8, 4) is 0 Å². The second-order valence-electron chi connectivity index (χ2n) is 5.78. The van der Waals surface area contributed by atoms with Gasteiger partial charge in [-0.05, 0) is 22.8 Å². The lowest BCUT2D eigenvalue weighted by Gasteiger charge is -2.16. The molecule has 2 aromatic carbocycles. The van der Waals surface area contributed by atoms with Crippen molar-refractivity contribution in [2.45, 2.75) is 20.3 Å². The molecule has 0 saturated heterocycles. The number of carboxylic acids is 1. The van der Waals surface area contributed by atoms with Crippen LogP contribution in [0.3, 0.4) is 0 Å². The van der Waals surface area contributed by atoms with E-state index in [-0.39, 0.29) is 18.4 Å². The standard InChI is InChI=1S/C18H21NO3/c1-12(2)17(20)19-11-15(18(21)22)10-14-8-5-7-13-6-3-4-9-16(13)14/h3-9,12,15H,10-11H2,1-2H3,(H,19,20)(H,21,22). The summed E-state index contributed by atoms with van der Waals surface area (Å²) < 4.78 is 0. The van der Waals surface area contributed by atoms with Gasteiger partial charge >= 0.3 is 5.97 Å². The summed E-state index contributed by atoms with van der Waals surface area (Å²) >= 11 is 0. The molecule has 2 aromatic rings. The summed E-state index contributed by atoms with van der Waals surface area (Å²) in [7, 11) is 0. The summed E-state index contributed by atoms with van der Waals surface area (Å²) in [5.74, 6) is -1.79. The Bertz CT molecular complexity index is 674. The molecule has 0 spiro atoms. The smallest absolute Gasteiger partial charge is 0.308 e. The summed E-state index contributed by atoms with van der Waals surface area (Å²) in [6.45, 7) is 3.72. The quantitative estimate of drug-likeness (QED) is 0.862. The third-order valence-electron chi connectivity index (χ3n) is 3.74. The Morgan fingerprint density at radius 1 is 1.09 bits per heavy atom. The summed E-state index contributed by atoms with van der Waals surface area (Å²) in [6.07, 6.45) is 0.398. The average Bonchev–Trinajstić information content (AvgIpc) is 2.50. The van der Waals surface area contributed by atoms with Crippen molar-refractivity contribution in [3.05, 3.63) is 48.0 Å². The Morgan fingerprint density at radius 3 is 2.45 bits per heavy atom. The van der Waals surface area contributed by atoms with E-state index in [0.717, 1.165) is 16.3 Å². The minimum atomic E-state index is -0.892. The molecule has 22 heavy (non-hydrogen) atoms. The molecule has 0 aromatic heterocycles. The zero-order valence-corrected chi connectivity index (χ0v) is 12.9. The number of amides is 1. The van der Waals surface area contributed by atoms with Gasteiger partial charge in [0.05, 0.1) is 5.92 Å². The lowest BCUT2D eigenvalue weighted by Crippen LogP contribution is -2.36. The number of carbonyl (C=O) groups excluding carboxylic acids is 1. The summed E-state index contributed by atoms with van der Waals surface area (Å²) in [4.78, 5) is 23.1. The van der Waals surface area contributed by atoms with Gasteiger partial charge in [0.2, 0.25) is 5.91 Å². The highest BCUT2D eigenvalue weighted by Gasteiger charge is 2.20. The summed E-state index contributed by atoms with van der Waals surface area (Å²) in [5.41, 5.74) is 0.990. The maximum atomic E-state index is 11.6. The second-order valence-corrected chi connectivity index (χ2v) is 5.78. The lowest BCUT2D eigenvalue weighted by molar-refractivity contribution is -0.141. The van der Waals surface area contributed by atoms with Crippen molar-refractivity contribution < 1.29 is 14.7 Å². The number of hydrogen-bond acceptors (Lipinski definition) is 2. The third kappa shape index (κ3) is 3.85. The Hall–Kier alpha value is -2.36. The number of rotatable bonds is 6. The maximum Gasteiger partial charge on any atom is 0.308 e. The molecular formula is C18H21NO3. The van der Waals surface area contributed by atoms with Crippen LogP contribution in [-0.4, -0.2) is 23.5 Å². The van der Waals surface area contributed by atoms with E-state index in [0.29, 0.717) is 6.42 Å². The molecule has 1 atom stereocenters. The Kier molecular flexibility index (Phi) is 5.15. The van der Waals surface area contributed by atoms with Crippen LogP contribution in [0.15, 0.2) is 42.5 Å². The third-order valence-corrected chi connectivity index (χ3v) is 3.74. The first-order valence-electron chi connectivity index (χ1n) is 7.46. The van der Waals surface area contributed by atoms with Crippen molar-refractivity contribution in [2.75, 3.05) is 6.54 Å². The van der Waals surface area contributed by atoms with Crippen LogP contribution in [0.5, 0.6) is 0 Å². The van der Waals surface area contributed by atoms with Crippen molar-refractivity contribution in [1.29, 1.82) is 0 Å². The van der Waals surface area contributed by atoms with Gasteiger partial charge in [0.15, 0.2) is 0 Å². The van der Waals surface area contributed by atoms with Gasteiger partial charge in [-0.25, -0.2) is 0 Å². The van der Waals surface area contributed by atoms with Gasteiger partial charge in [-0.3, -0.25) is 9.59 Å². The number of hydrogen-bond donors (Lipinski definition) is 2. The molecule has 0 saturated carbocycles. The number of fused-ring (bicyclic) bond motifs is 1. The number of carbonyl (C=O) groups is 2. The lowest BCUT2D eigenvalue weighted by atomic mass is 9.94. The molecule has 2 rings (SSSR count). The molecule has 0 bridgehead atoms. The van der Waals surface area contributed by atoms with E-state index in [4.69, 9.17) is 0 Å². The molecule has 1 unspecified atom stereocenters. The van der Waals surface area contributed by atoms with Crippen LogP contribution in [0, 0.1) is 11.8 Å². The van der Waals surface area contributed by atoms with Crippen LogP contribution < -0.4 is 5.32 Å². The molecule has 1 amide bonds. The Balaban J connectivity index is 2.16. The molecule has 4 heteroatoms. The fraction of sp³-hybridized carbons (Fsp3) is 0.333. The predicted octanol–water partition coefficient (Wildman–Crippen LogP) is 2.86. The highest BCUT2D eigenvalue weighted by Crippen LogP contribution is 2.21. The van der Waals surface area contributed by atoms with Crippen LogP contribution in [-0.2, 0) is 16.0 Å². The maximum absolute atomic E-state index is 11.6. The number of nitrogens with one attached hydrogen (secondary N) is 1. The van der Waals surface area contributed by atoms with Crippen LogP contribution in [0.4, 0.5) is 0 Å². The van der Waals surface area contributed by atoms with Gasteiger partial charge in [-0.15, -0.1) is 0 Å². The fourth-order valence-electron chi connectivity index (χ4n) is 2.41. The second kappa shape index (κ2) is 7.07. The molecule has 4 nitrogen and oxygen atoms in total. The van der Waals surface area contributed by atoms with Gasteiger partial charge < -0.3 is 10.4 Å². The van der Waals surface area contributed by atoms with Gasteiger partial charge in [-0.2, -0.15) is 0 Å². The highest BCUT2D eigenvalue weighted by molar-refractivity contribution is 5.86. The normalized spacial score (nSPS) is 12.3. The topological polar surface area (TPSA) is 66.4 Å². The molecule has 0 heterocycles. The summed E-state index contributed by atoms with van der Waals surface area (Å²) in [6, 6.07) is 13.8. The zero-order valence-electron chi connectivity index (χ0n) is 12.9. The van der Waals surface area contributed by atoms with Crippen molar-refractivity contribution in [3.63, 3.8) is 0 Å². The minimum Gasteiger partial charge on any atom is -0.481 e. The monoisotopic (exact) mass is 299 g/mol. The van der Waals surface area contributed by atoms with Gasteiger partial charge in [0.25, 0.3) is 0 Å². The molecule has 0 radical (unpaired) electrons. The SMILES string of the molecule is CC(C)C(=O)NCC(Cc1cccc2ccccc12)C(=O)O. The van der Waals surface area contributed by atoms with Crippen molar-refractivity contribution >= 4 is 22.6 Å². The van der Waals surface area contributed by atoms with Crippen LogP contribution >= 0.6 is 0 Å². The molecule has 0 fully saturated rings. The van der Waals surface area contributed by atoms with E-state index in [2.05, 4.69) is 5.32 Å². The minimum absolute atomic E-state index is 0.121. The first-order valence-corrected chi connectivity index (χ1v) is 7.46. The van der Waals surface area contributed by atoms with Gasteiger partial charge in [0.1, 0.15) is 0 Å². The number of benzene rings is 2. The highest BCUT2D eigenvalue weighted by atomic mass is 16.4. The molecule has 116 valence electrons. The predicted molar refractivity (Wildman–Crippen MR) is 86.6 cm³/mol. The van der Waals surface area contributed by atoms with Gasteiger partial charge in [-0.1, -0.05) is 56.3 Å². The van der Waals surface area contributed by atoms with E-state index in [1.807, 2.05) is 42.5 Å². The van der Waals surface area contributed by atoms with E-state index >= 15 is 0 Å². The zero-order chi connectivity index (χ0) is 16.1. The molecule has 2 N–H and O–H groups in total. The van der Waals surface area contributed by atoms with E-state index in [9.17, 15) is 14.7 Å².